The number of carbonyl (C=O) groups excluding carboxylic acids is 1. The highest BCUT2D eigenvalue weighted by atomic mass is 16.3. The molecular formula is C17H17N5O2. The van der Waals surface area contributed by atoms with E-state index in [1.54, 1.807) is 24.3 Å². The highest BCUT2D eigenvalue weighted by Gasteiger charge is 2.08. The number of nitrogens with zero attached hydrogens (tertiary/aromatic N) is 2. The van der Waals surface area contributed by atoms with Gasteiger partial charge in [0.25, 0.3) is 0 Å². The van der Waals surface area contributed by atoms with Gasteiger partial charge in [0.15, 0.2) is 0 Å². The summed E-state index contributed by atoms with van der Waals surface area (Å²) in [6.07, 6.45) is 0. The first-order valence-electron chi connectivity index (χ1n) is 7.46. The van der Waals surface area contributed by atoms with Crippen molar-refractivity contribution in [2.75, 3.05) is 23.8 Å². The molecule has 1 heterocycles. The third-order valence-electron chi connectivity index (χ3n) is 3.43. The van der Waals surface area contributed by atoms with Gasteiger partial charge in [-0.3, -0.25) is 4.79 Å². The molecule has 0 fully saturated rings. The number of amides is 1. The second-order valence-electron chi connectivity index (χ2n) is 5.13. The number of carbonyl (C=O) groups is 1. The van der Waals surface area contributed by atoms with Crippen molar-refractivity contribution in [3.8, 4) is 0 Å². The van der Waals surface area contributed by atoms with Gasteiger partial charge in [-0.05, 0) is 36.4 Å². The van der Waals surface area contributed by atoms with E-state index >= 15 is 0 Å². The Bertz CT molecular complexity index is 864. The van der Waals surface area contributed by atoms with Crippen LogP contribution >= 0.6 is 0 Å². The Morgan fingerprint density at radius 2 is 1.83 bits per heavy atom. The third-order valence-corrected chi connectivity index (χ3v) is 3.43. The number of nitrogens with one attached hydrogen (secondary N) is 2. The van der Waals surface area contributed by atoms with Gasteiger partial charge < -0.3 is 21.5 Å². The van der Waals surface area contributed by atoms with Crippen molar-refractivity contribution in [3.05, 3.63) is 54.1 Å². The lowest BCUT2D eigenvalue weighted by Gasteiger charge is -2.11. The maximum Gasteiger partial charge on any atom is 0.248 e. The summed E-state index contributed by atoms with van der Waals surface area (Å²) < 4.78 is 0. The number of fused-ring (bicyclic) bond motifs is 1. The topological polar surface area (TPSA) is 113 Å². The molecular weight excluding hydrogens is 306 g/mol. The molecule has 3 aromatic rings. The molecule has 7 heteroatoms. The first-order chi connectivity index (χ1) is 11.7. The molecule has 0 spiro atoms. The maximum atomic E-state index is 11.1. The zero-order valence-corrected chi connectivity index (χ0v) is 12.9. The average Bonchev–Trinajstić information content (AvgIpc) is 2.60. The van der Waals surface area contributed by atoms with Crippen LogP contribution in [0.15, 0.2) is 48.5 Å². The van der Waals surface area contributed by atoms with Crippen molar-refractivity contribution in [2.45, 2.75) is 0 Å². The van der Waals surface area contributed by atoms with Crippen molar-refractivity contribution in [1.82, 2.24) is 9.97 Å². The minimum atomic E-state index is -0.473. The number of nitrogens with two attached hydrogens (primary N) is 1. The van der Waals surface area contributed by atoms with Gasteiger partial charge in [-0.25, -0.2) is 4.98 Å². The summed E-state index contributed by atoms with van der Waals surface area (Å²) >= 11 is 0. The fourth-order valence-electron chi connectivity index (χ4n) is 2.29. The molecule has 0 aliphatic heterocycles. The number of hydrogen-bond acceptors (Lipinski definition) is 6. The molecule has 0 saturated heterocycles. The molecule has 0 aliphatic rings. The van der Waals surface area contributed by atoms with Gasteiger partial charge in [-0.15, -0.1) is 0 Å². The monoisotopic (exact) mass is 323 g/mol. The van der Waals surface area contributed by atoms with Crippen LogP contribution < -0.4 is 16.4 Å². The summed E-state index contributed by atoms with van der Waals surface area (Å²) in [5, 5.41) is 16.1. The van der Waals surface area contributed by atoms with E-state index < -0.39 is 5.91 Å². The van der Waals surface area contributed by atoms with E-state index in [0.717, 1.165) is 16.6 Å². The van der Waals surface area contributed by atoms with Crippen molar-refractivity contribution in [2.24, 2.45) is 5.73 Å². The van der Waals surface area contributed by atoms with Gasteiger partial charge in [-0.1, -0.05) is 12.1 Å². The summed E-state index contributed by atoms with van der Waals surface area (Å²) in [4.78, 5) is 20.0. The molecule has 3 rings (SSSR count). The molecule has 24 heavy (non-hydrogen) atoms. The first-order valence-corrected chi connectivity index (χ1v) is 7.46. The fourth-order valence-corrected chi connectivity index (χ4v) is 2.29. The normalized spacial score (nSPS) is 10.5. The molecule has 2 aromatic carbocycles. The van der Waals surface area contributed by atoms with E-state index in [4.69, 9.17) is 10.8 Å². The van der Waals surface area contributed by atoms with Crippen LogP contribution in [0.2, 0.25) is 0 Å². The van der Waals surface area contributed by atoms with Crippen LogP contribution in [0.3, 0.4) is 0 Å². The van der Waals surface area contributed by atoms with Gasteiger partial charge >= 0.3 is 0 Å². The van der Waals surface area contributed by atoms with Crippen molar-refractivity contribution < 1.29 is 9.90 Å². The standard InChI is InChI=1S/C17H17N5O2/c18-15(24)11-5-7-12(8-6-11)20-17-21-14-4-2-1-3-13(14)16(22-17)19-9-10-23/h1-8,23H,9-10H2,(H2,18,24)(H2,19,20,21,22). The van der Waals surface area contributed by atoms with Gasteiger partial charge in [0.2, 0.25) is 11.9 Å². The van der Waals surface area contributed by atoms with Crippen LogP contribution in [0, 0.1) is 0 Å². The van der Waals surface area contributed by atoms with E-state index in [1.165, 1.54) is 0 Å². The number of rotatable bonds is 6. The molecule has 0 radical (unpaired) electrons. The fraction of sp³-hybridized carbons (Fsp3) is 0.118. The van der Waals surface area contributed by atoms with Gasteiger partial charge in [0.1, 0.15) is 5.82 Å². The molecule has 0 atom stereocenters. The molecule has 122 valence electrons. The molecule has 0 aliphatic carbocycles. The number of aromatic nitrogens is 2. The zero-order chi connectivity index (χ0) is 16.9. The summed E-state index contributed by atoms with van der Waals surface area (Å²) in [6, 6.07) is 14.4. The van der Waals surface area contributed by atoms with Crippen molar-refractivity contribution in [3.63, 3.8) is 0 Å². The lowest BCUT2D eigenvalue weighted by atomic mass is 10.2. The Morgan fingerprint density at radius 1 is 1.08 bits per heavy atom. The highest BCUT2D eigenvalue weighted by Crippen LogP contribution is 2.23. The highest BCUT2D eigenvalue weighted by molar-refractivity contribution is 5.93. The Labute approximate surface area is 138 Å². The SMILES string of the molecule is NC(=O)c1ccc(Nc2nc(NCCO)c3ccccc3n2)cc1. The van der Waals surface area contributed by atoms with E-state index in [2.05, 4.69) is 20.6 Å². The number of anilines is 3. The minimum Gasteiger partial charge on any atom is -0.395 e. The van der Waals surface area contributed by atoms with Crippen LogP contribution in [-0.4, -0.2) is 34.1 Å². The summed E-state index contributed by atoms with van der Waals surface area (Å²) in [6.45, 7) is 0.406. The van der Waals surface area contributed by atoms with Gasteiger partial charge in [-0.2, -0.15) is 4.98 Å². The third kappa shape index (κ3) is 3.41. The molecule has 5 N–H and O–H groups in total. The second-order valence-corrected chi connectivity index (χ2v) is 5.13. The molecule has 0 bridgehead atoms. The lowest BCUT2D eigenvalue weighted by Crippen LogP contribution is -2.11. The Balaban J connectivity index is 1.92. The van der Waals surface area contributed by atoms with Crippen molar-refractivity contribution in [1.29, 1.82) is 0 Å². The number of benzene rings is 2. The maximum absolute atomic E-state index is 11.1. The van der Waals surface area contributed by atoms with Crippen LogP contribution in [0.4, 0.5) is 17.5 Å². The molecule has 1 aromatic heterocycles. The van der Waals surface area contributed by atoms with Crippen LogP contribution in [0.1, 0.15) is 10.4 Å². The molecule has 0 unspecified atom stereocenters. The number of para-hydroxylation sites is 1. The zero-order valence-electron chi connectivity index (χ0n) is 12.9. The van der Waals surface area contributed by atoms with Crippen LogP contribution in [0.25, 0.3) is 10.9 Å². The van der Waals surface area contributed by atoms with E-state index in [0.29, 0.717) is 23.9 Å². The Kier molecular flexibility index (Phi) is 4.53. The summed E-state index contributed by atoms with van der Waals surface area (Å²) in [5.74, 6) is 0.589. The molecule has 0 saturated carbocycles. The Morgan fingerprint density at radius 3 is 2.54 bits per heavy atom. The molecule has 1 amide bonds. The van der Waals surface area contributed by atoms with E-state index in [9.17, 15) is 4.79 Å². The van der Waals surface area contributed by atoms with Crippen LogP contribution in [-0.2, 0) is 0 Å². The number of aliphatic hydroxyl groups excluding tert-OH is 1. The van der Waals surface area contributed by atoms with E-state index in [-0.39, 0.29) is 6.61 Å². The molecule has 7 nitrogen and oxygen atoms in total. The minimum absolute atomic E-state index is 0.00959. The number of primary amides is 1. The number of hydrogen-bond donors (Lipinski definition) is 4. The second kappa shape index (κ2) is 6.93. The summed E-state index contributed by atoms with van der Waals surface area (Å²) in [7, 11) is 0. The first kappa shape index (κ1) is 15.7. The lowest BCUT2D eigenvalue weighted by molar-refractivity contribution is 0.100. The predicted octanol–water partition coefficient (Wildman–Crippen LogP) is 1.88. The van der Waals surface area contributed by atoms with Crippen molar-refractivity contribution >= 4 is 34.3 Å². The quantitative estimate of drug-likeness (QED) is 0.551. The Hall–Kier alpha value is -3.19. The smallest absolute Gasteiger partial charge is 0.248 e. The summed E-state index contributed by atoms with van der Waals surface area (Å²) in [5.41, 5.74) is 7.19. The predicted molar refractivity (Wildman–Crippen MR) is 93.4 cm³/mol. The average molecular weight is 323 g/mol. The van der Waals surface area contributed by atoms with E-state index in [1.807, 2.05) is 24.3 Å². The number of aliphatic hydroxyl groups is 1. The largest absolute Gasteiger partial charge is 0.395 e. The van der Waals surface area contributed by atoms with Gasteiger partial charge in [0.05, 0.1) is 12.1 Å². The van der Waals surface area contributed by atoms with Gasteiger partial charge in [0, 0.05) is 23.2 Å². The van der Waals surface area contributed by atoms with Crippen LogP contribution in [0.5, 0.6) is 0 Å².